The van der Waals surface area contributed by atoms with Crippen LogP contribution < -0.4 is 16.0 Å². The van der Waals surface area contributed by atoms with Crippen LogP contribution in [0, 0.1) is 10.5 Å². The van der Waals surface area contributed by atoms with E-state index in [2.05, 4.69) is 38.5 Å². The molecular weight excluding hydrogens is 453 g/mol. The second-order valence-electron chi connectivity index (χ2n) is 7.00. The summed E-state index contributed by atoms with van der Waals surface area (Å²) in [5, 5.41) is 8.82. The van der Waals surface area contributed by atoms with Gasteiger partial charge in [-0.05, 0) is 71.7 Å². The van der Waals surface area contributed by atoms with Crippen molar-refractivity contribution in [2.75, 3.05) is 5.32 Å². The fourth-order valence-corrected chi connectivity index (χ4v) is 4.08. The summed E-state index contributed by atoms with van der Waals surface area (Å²) in [5.74, 6) is -0.140. The normalized spacial score (nSPS) is 15.2. The zero-order chi connectivity index (χ0) is 19.3. The minimum absolute atomic E-state index is 0.140. The molecule has 2 aromatic carbocycles. The number of halogens is 1. The van der Waals surface area contributed by atoms with Gasteiger partial charge in [-0.3, -0.25) is 4.79 Å². The van der Waals surface area contributed by atoms with Crippen LogP contribution in [0.2, 0.25) is 0 Å². The first-order chi connectivity index (χ1) is 13.0. The summed E-state index contributed by atoms with van der Waals surface area (Å²) in [4.78, 5) is 25.5. The first-order valence-electron chi connectivity index (χ1n) is 9.16. The van der Waals surface area contributed by atoms with Gasteiger partial charge in [-0.25, -0.2) is 4.79 Å². The maximum atomic E-state index is 13.0. The standard InChI is InChI=1S/C21H24IN3O2/c1-15-13-17(22)9-10-18(15)24-19(26)21(11-5-6-12-21)25-20(27)23-14-16-7-3-2-4-8-16/h2-4,7-10,13H,5-6,11-12,14H2,1H3,(H,24,26)(H2,23,25,27). The minimum Gasteiger partial charge on any atom is -0.334 e. The molecule has 0 aliphatic heterocycles. The van der Waals surface area contributed by atoms with Gasteiger partial charge in [-0.15, -0.1) is 0 Å². The van der Waals surface area contributed by atoms with Gasteiger partial charge in [-0.1, -0.05) is 43.2 Å². The zero-order valence-electron chi connectivity index (χ0n) is 15.3. The van der Waals surface area contributed by atoms with E-state index in [1.807, 2.05) is 55.5 Å². The smallest absolute Gasteiger partial charge is 0.315 e. The summed E-state index contributed by atoms with van der Waals surface area (Å²) in [7, 11) is 0. The number of benzene rings is 2. The van der Waals surface area contributed by atoms with Crippen molar-refractivity contribution >= 4 is 40.2 Å². The van der Waals surface area contributed by atoms with Crippen molar-refractivity contribution in [1.82, 2.24) is 10.6 Å². The molecule has 5 nitrogen and oxygen atoms in total. The Labute approximate surface area is 173 Å². The molecule has 0 atom stereocenters. The minimum atomic E-state index is -0.851. The van der Waals surface area contributed by atoms with Crippen LogP contribution >= 0.6 is 22.6 Å². The largest absolute Gasteiger partial charge is 0.334 e. The van der Waals surface area contributed by atoms with E-state index < -0.39 is 5.54 Å². The molecule has 0 aromatic heterocycles. The average Bonchev–Trinajstić information content (AvgIpc) is 3.13. The molecule has 1 saturated carbocycles. The number of anilines is 1. The molecule has 142 valence electrons. The molecular formula is C21H24IN3O2. The third-order valence-electron chi connectivity index (χ3n) is 4.98. The Morgan fingerprint density at radius 3 is 2.44 bits per heavy atom. The Morgan fingerprint density at radius 1 is 1.07 bits per heavy atom. The van der Waals surface area contributed by atoms with Crippen molar-refractivity contribution in [3.05, 3.63) is 63.2 Å². The SMILES string of the molecule is Cc1cc(I)ccc1NC(=O)C1(NC(=O)NCc2ccccc2)CCCC1. The molecule has 3 N–H and O–H groups in total. The van der Waals surface area contributed by atoms with Gasteiger partial charge in [0.1, 0.15) is 5.54 Å². The average molecular weight is 477 g/mol. The molecule has 6 heteroatoms. The van der Waals surface area contributed by atoms with Gasteiger partial charge in [0.15, 0.2) is 0 Å². The van der Waals surface area contributed by atoms with Gasteiger partial charge in [-0.2, -0.15) is 0 Å². The Morgan fingerprint density at radius 2 is 1.78 bits per heavy atom. The number of rotatable bonds is 5. The summed E-state index contributed by atoms with van der Waals surface area (Å²) in [5.41, 5.74) is 1.97. The van der Waals surface area contributed by atoms with Gasteiger partial charge in [0.05, 0.1) is 0 Å². The molecule has 1 fully saturated rings. The first-order valence-corrected chi connectivity index (χ1v) is 10.2. The summed E-state index contributed by atoms with van der Waals surface area (Å²) in [6.07, 6.45) is 3.16. The highest BCUT2D eigenvalue weighted by atomic mass is 127. The predicted octanol–water partition coefficient (Wildman–Crippen LogP) is 4.35. The summed E-state index contributed by atoms with van der Waals surface area (Å²) in [6.45, 7) is 2.40. The third kappa shape index (κ3) is 5.00. The van der Waals surface area contributed by atoms with Crippen molar-refractivity contribution in [1.29, 1.82) is 0 Å². The van der Waals surface area contributed by atoms with Crippen LogP contribution in [0.3, 0.4) is 0 Å². The second kappa shape index (κ2) is 8.73. The topological polar surface area (TPSA) is 70.2 Å². The number of nitrogens with one attached hydrogen (secondary N) is 3. The number of carbonyl (C=O) groups excluding carboxylic acids is 2. The molecule has 0 saturated heterocycles. The molecule has 27 heavy (non-hydrogen) atoms. The maximum Gasteiger partial charge on any atom is 0.315 e. The van der Waals surface area contributed by atoms with Crippen molar-refractivity contribution in [2.24, 2.45) is 0 Å². The molecule has 0 unspecified atom stereocenters. The van der Waals surface area contributed by atoms with Crippen LogP contribution in [0.1, 0.15) is 36.8 Å². The van der Waals surface area contributed by atoms with Crippen LogP contribution in [0.25, 0.3) is 0 Å². The van der Waals surface area contributed by atoms with Gasteiger partial charge in [0.25, 0.3) is 0 Å². The Bertz CT molecular complexity index is 817. The summed E-state index contributed by atoms with van der Waals surface area (Å²) >= 11 is 2.25. The number of hydrogen-bond donors (Lipinski definition) is 3. The number of amides is 3. The lowest BCUT2D eigenvalue weighted by molar-refractivity contribution is -0.121. The number of urea groups is 1. The van der Waals surface area contributed by atoms with Crippen molar-refractivity contribution in [3.8, 4) is 0 Å². The molecule has 0 bridgehead atoms. The van der Waals surface area contributed by atoms with E-state index in [-0.39, 0.29) is 11.9 Å². The van der Waals surface area contributed by atoms with Crippen molar-refractivity contribution < 1.29 is 9.59 Å². The van der Waals surface area contributed by atoms with Crippen LogP contribution in [0.5, 0.6) is 0 Å². The monoisotopic (exact) mass is 477 g/mol. The van der Waals surface area contributed by atoms with Gasteiger partial charge >= 0.3 is 6.03 Å². The van der Waals surface area contributed by atoms with Gasteiger partial charge in [0, 0.05) is 15.8 Å². The van der Waals surface area contributed by atoms with Crippen LogP contribution in [-0.2, 0) is 11.3 Å². The number of carbonyl (C=O) groups is 2. The summed E-state index contributed by atoms with van der Waals surface area (Å²) in [6, 6.07) is 15.3. The molecule has 1 aliphatic rings. The fraction of sp³-hybridized carbons (Fsp3) is 0.333. The lowest BCUT2D eigenvalue weighted by Crippen LogP contribution is -2.57. The number of hydrogen-bond acceptors (Lipinski definition) is 2. The highest BCUT2D eigenvalue weighted by Gasteiger charge is 2.42. The molecule has 0 radical (unpaired) electrons. The summed E-state index contributed by atoms with van der Waals surface area (Å²) < 4.78 is 1.12. The van der Waals surface area contributed by atoms with Crippen molar-refractivity contribution in [2.45, 2.75) is 44.7 Å². The van der Waals surface area contributed by atoms with Crippen LogP contribution in [0.4, 0.5) is 10.5 Å². The highest BCUT2D eigenvalue weighted by molar-refractivity contribution is 14.1. The van der Waals surface area contributed by atoms with Gasteiger partial charge in [0.2, 0.25) is 5.91 Å². The lowest BCUT2D eigenvalue weighted by atomic mass is 9.96. The Hall–Kier alpha value is -2.09. The second-order valence-corrected chi connectivity index (χ2v) is 8.24. The van der Waals surface area contributed by atoms with E-state index in [0.29, 0.717) is 19.4 Å². The Balaban J connectivity index is 1.65. The lowest BCUT2D eigenvalue weighted by Gasteiger charge is -2.29. The van der Waals surface area contributed by atoms with Crippen LogP contribution in [0.15, 0.2) is 48.5 Å². The maximum absolute atomic E-state index is 13.0. The number of aryl methyl sites for hydroxylation is 1. The molecule has 3 rings (SSSR count). The molecule has 1 aliphatic carbocycles. The van der Waals surface area contributed by atoms with Gasteiger partial charge < -0.3 is 16.0 Å². The molecule has 0 spiro atoms. The van der Waals surface area contributed by atoms with E-state index in [4.69, 9.17) is 0 Å². The quantitative estimate of drug-likeness (QED) is 0.561. The zero-order valence-corrected chi connectivity index (χ0v) is 17.5. The van der Waals surface area contributed by atoms with E-state index in [9.17, 15) is 9.59 Å². The van der Waals surface area contributed by atoms with Crippen molar-refractivity contribution in [3.63, 3.8) is 0 Å². The molecule has 2 aromatic rings. The van der Waals surface area contributed by atoms with E-state index in [1.165, 1.54) is 0 Å². The molecule has 0 heterocycles. The molecule has 3 amide bonds. The van der Waals surface area contributed by atoms with E-state index in [1.54, 1.807) is 0 Å². The highest BCUT2D eigenvalue weighted by Crippen LogP contribution is 2.31. The third-order valence-corrected chi connectivity index (χ3v) is 5.65. The van der Waals surface area contributed by atoms with E-state index in [0.717, 1.165) is 33.2 Å². The fourth-order valence-electron chi connectivity index (χ4n) is 3.44. The van der Waals surface area contributed by atoms with Crippen LogP contribution in [-0.4, -0.2) is 17.5 Å². The first kappa shape index (κ1) is 19.7. The predicted molar refractivity (Wildman–Crippen MR) is 116 cm³/mol. The van der Waals surface area contributed by atoms with E-state index >= 15 is 0 Å². The Kier molecular flexibility index (Phi) is 6.36.